The Morgan fingerprint density at radius 1 is 0.552 bits per heavy atom. The number of hydrogen-bond acceptors (Lipinski definition) is 4. The molecule has 0 fully saturated rings. The summed E-state index contributed by atoms with van der Waals surface area (Å²) in [6.45, 7) is 14.5. The minimum Gasteiger partial charge on any atom is -0.287 e. The predicted octanol–water partition coefficient (Wildman–Crippen LogP) is 8.79. The molecule has 0 aliphatic rings. The van der Waals surface area contributed by atoms with Crippen LogP contribution in [0.1, 0.15) is 119 Å². The second-order valence-electron chi connectivity index (χ2n) is 8.58. The molecular weight excluding hydrogens is 383 g/mol. The molecule has 0 aromatic carbocycles. The normalized spacial score (nSPS) is 17.0. The smallest absolute Gasteiger partial charge is 0.287 e. The number of phosphoric acid groups is 1. The van der Waals surface area contributed by atoms with E-state index in [1.165, 1.54) is 38.5 Å². The van der Waals surface area contributed by atoms with Crippen LogP contribution in [-0.2, 0) is 18.1 Å². The van der Waals surface area contributed by atoms with Gasteiger partial charge in [0.2, 0.25) is 0 Å². The van der Waals surface area contributed by atoms with Crippen LogP contribution < -0.4 is 0 Å². The summed E-state index contributed by atoms with van der Waals surface area (Å²) in [6, 6.07) is 0. The molecule has 0 saturated carbocycles. The van der Waals surface area contributed by atoms with Gasteiger partial charge in [-0.3, -0.25) is 13.6 Å². The minimum absolute atomic E-state index is 0.416. The lowest BCUT2D eigenvalue weighted by atomic mass is 10.0. The van der Waals surface area contributed by atoms with Crippen molar-refractivity contribution in [2.45, 2.75) is 119 Å². The molecule has 2 unspecified atom stereocenters. The molecule has 0 N–H and O–H groups in total. The van der Waals surface area contributed by atoms with Crippen LogP contribution in [0, 0.1) is 17.8 Å². The fourth-order valence-corrected chi connectivity index (χ4v) is 4.80. The van der Waals surface area contributed by atoms with Crippen molar-refractivity contribution in [3.8, 4) is 0 Å². The Kier molecular flexibility index (Phi) is 18.9. The van der Waals surface area contributed by atoms with E-state index >= 15 is 0 Å². The molecule has 5 heteroatoms. The van der Waals surface area contributed by atoms with Gasteiger partial charge in [-0.05, 0) is 37.0 Å². The van der Waals surface area contributed by atoms with E-state index in [2.05, 4.69) is 41.5 Å². The van der Waals surface area contributed by atoms with Crippen LogP contribution in [0.25, 0.3) is 0 Å². The first-order valence-corrected chi connectivity index (χ1v) is 14.0. The number of phosphoric ester groups is 1. The van der Waals surface area contributed by atoms with Crippen LogP contribution in [0.4, 0.5) is 0 Å². The van der Waals surface area contributed by atoms with E-state index in [1.54, 1.807) is 0 Å². The zero-order valence-electron chi connectivity index (χ0n) is 20.4. The standard InChI is InChI=1S/C24H51O4P/c1-7-13-16-22(10-4)19-26-29(25,27-20-23(11-5)17-14-8-2)28-21-24(12-6)18-15-9-3/h22-24H,7-21H2,1-6H3/t22-,23?,24?,29?/m0/s1. The lowest BCUT2D eigenvalue weighted by molar-refractivity contribution is 0.0732. The fraction of sp³-hybridized carbons (Fsp3) is 1.00. The van der Waals surface area contributed by atoms with Crippen LogP contribution in [0.15, 0.2) is 0 Å². The molecule has 3 atom stereocenters. The Morgan fingerprint density at radius 3 is 1.03 bits per heavy atom. The lowest BCUT2D eigenvalue weighted by Crippen LogP contribution is -2.16. The molecule has 0 radical (unpaired) electrons. The molecule has 0 bridgehead atoms. The third-order valence-corrected chi connectivity index (χ3v) is 7.43. The largest absolute Gasteiger partial charge is 0.474 e. The molecule has 4 nitrogen and oxygen atoms in total. The van der Waals surface area contributed by atoms with Crippen molar-refractivity contribution >= 4 is 7.82 Å². The maximum Gasteiger partial charge on any atom is 0.474 e. The summed E-state index contributed by atoms with van der Waals surface area (Å²) in [5.74, 6) is 1.25. The van der Waals surface area contributed by atoms with Gasteiger partial charge in [-0.25, -0.2) is 4.57 Å². The van der Waals surface area contributed by atoms with E-state index in [9.17, 15) is 4.57 Å². The van der Waals surface area contributed by atoms with E-state index in [4.69, 9.17) is 13.6 Å². The second kappa shape index (κ2) is 18.8. The summed E-state index contributed by atoms with van der Waals surface area (Å²) in [5.41, 5.74) is 0. The highest BCUT2D eigenvalue weighted by atomic mass is 31.2. The van der Waals surface area contributed by atoms with E-state index < -0.39 is 7.82 Å². The van der Waals surface area contributed by atoms with Crippen LogP contribution in [0.3, 0.4) is 0 Å². The average molecular weight is 435 g/mol. The Morgan fingerprint density at radius 2 is 0.828 bits per heavy atom. The number of hydrogen-bond donors (Lipinski definition) is 0. The van der Waals surface area contributed by atoms with Gasteiger partial charge >= 0.3 is 7.82 Å². The lowest BCUT2D eigenvalue weighted by Gasteiger charge is -2.25. The Bertz CT molecular complexity index is 345. The summed E-state index contributed by atoms with van der Waals surface area (Å²) < 4.78 is 31.1. The number of unbranched alkanes of at least 4 members (excludes halogenated alkanes) is 3. The average Bonchev–Trinajstić information content (AvgIpc) is 2.74. The molecule has 0 amide bonds. The van der Waals surface area contributed by atoms with Crippen molar-refractivity contribution in [1.82, 2.24) is 0 Å². The Hall–Kier alpha value is 0.110. The monoisotopic (exact) mass is 434 g/mol. The minimum atomic E-state index is -3.52. The van der Waals surface area contributed by atoms with E-state index in [-0.39, 0.29) is 0 Å². The van der Waals surface area contributed by atoms with Crippen LogP contribution in [-0.4, -0.2) is 19.8 Å². The van der Waals surface area contributed by atoms with E-state index in [0.717, 1.165) is 38.5 Å². The molecule has 0 rings (SSSR count). The molecule has 29 heavy (non-hydrogen) atoms. The molecular formula is C24H51O4P. The van der Waals surface area contributed by atoms with E-state index in [0.29, 0.717) is 37.6 Å². The highest BCUT2D eigenvalue weighted by Crippen LogP contribution is 2.51. The van der Waals surface area contributed by atoms with Crippen molar-refractivity contribution in [2.75, 3.05) is 19.8 Å². The van der Waals surface area contributed by atoms with Crippen LogP contribution >= 0.6 is 7.82 Å². The first-order valence-electron chi connectivity index (χ1n) is 12.5. The first kappa shape index (κ1) is 29.1. The van der Waals surface area contributed by atoms with Crippen molar-refractivity contribution in [3.05, 3.63) is 0 Å². The SMILES string of the molecule is CCCCC(CC)COP(=O)(OCC(CC)CCCC)OC[C@@H](CC)CCCC. The Balaban J connectivity index is 4.91. The fourth-order valence-electron chi connectivity index (χ4n) is 3.40. The van der Waals surface area contributed by atoms with Crippen LogP contribution in [0.5, 0.6) is 0 Å². The maximum absolute atomic E-state index is 13.4. The first-order chi connectivity index (χ1) is 14.0. The molecule has 0 heterocycles. The van der Waals surface area contributed by atoms with Gasteiger partial charge in [-0.1, -0.05) is 99.3 Å². The summed E-state index contributed by atoms with van der Waals surface area (Å²) >= 11 is 0. The zero-order valence-corrected chi connectivity index (χ0v) is 21.3. The zero-order chi connectivity index (χ0) is 22.0. The molecule has 0 spiro atoms. The van der Waals surface area contributed by atoms with Crippen LogP contribution in [0.2, 0.25) is 0 Å². The molecule has 0 aromatic rings. The number of rotatable bonds is 21. The molecule has 0 aliphatic carbocycles. The van der Waals surface area contributed by atoms with Gasteiger partial charge in [0, 0.05) is 0 Å². The molecule has 0 saturated heterocycles. The second-order valence-corrected chi connectivity index (χ2v) is 10.3. The third-order valence-electron chi connectivity index (χ3n) is 6.03. The van der Waals surface area contributed by atoms with Crippen molar-refractivity contribution in [2.24, 2.45) is 17.8 Å². The third kappa shape index (κ3) is 14.7. The van der Waals surface area contributed by atoms with Gasteiger partial charge in [-0.15, -0.1) is 0 Å². The van der Waals surface area contributed by atoms with Gasteiger partial charge in [-0.2, -0.15) is 0 Å². The van der Waals surface area contributed by atoms with Gasteiger partial charge in [0.05, 0.1) is 19.8 Å². The highest BCUT2D eigenvalue weighted by molar-refractivity contribution is 7.48. The summed E-state index contributed by atoms with van der Waals surface area (Å²) in [4.78, 5) is 0. The van der Waals surface area contributed by atoms with Crippen molar-refractivity contribution in [3.63, 3.8) is 0 Å². The summed E-state index contributed by atoms with van der Waals surface area (Å²) in [5, 5.41) is 0. The summed E-state index contributed by atoms with van der Waals surface area (Å²) in [7, 11) is -3.52. The maximum atomic E-state index is 13.4. The predicted molar refractivity (Wildman–Crippen MR) is 125 cm³/mol. The molecule has 176 valence electrons. The topological polar surface area (TPSA) is 44.8 Å². The van der Waals surface area contributed by atoms with Crippen molar-refractivity contribution < 1.29 is 18.1 Å². The highest BCUT2D eigenvalue weighted by Gasteiger charge is 2.30. The van der Waals surface area contributed by atoms with Gasteiger partial charge in [0.25, 0.3) is 0 Å². The Labute approximate surface area is 182 Å². The van der Waals surface area contributed by atoms with Gasteiger partial charge < -0.3 is 0 Å². The molecule has 0 aromatic heterocycles. The quantitative estimate of drug-likeness (QED) is 0.169. The van der Waals surface area contributed by atoms with Gasteiger partial charge in [0.15, 0.2) is 0 Å². The van der Waals surface area contributed by atoms with Crippen molar-refractivity contribution in [1.29, 1.82) is 0 Å². The molecule has 0 aliphatic heterocycles. The van der Waals surface area contributed by atoms with E-state index in [1.807, 2.05) is 0 Å². The summed E-state index contributed by atoms with van der Waals surface area (Å²) in [6.07, 6.45) is 13.5. The van der Waals surface area contributed by atoms with Gasteiger partial charge in [0.1, 0.15) is 0 Å².